The van der Waals surface area contributed by atoms with Crippen LogP contribution in [0.3, 0.4) is 0 Å². The summed E-state index contributed by atoms with van der Waals surface area (Å²) in [6.45, 7) is 0. The van der Waals surface area contributed by atoms with E-state index in [1.807, 2.05) is 0 Å². The summed E-state index contributed by atoms with van der Waals surface area (Å²) in [5, 5.41) is 0. The van der Waals surface area contributed by atoms with Crippen molar-refractivity contribution in [2.24, 2.45) is 11.8 Å². The molecule has 0 amide bonds. The summed E-state index contributed by atoms with van der Waals surface area (Å²) in [5.74, 6) is 0.692. The number of fused-ring (bicyclic) bond motifs is 2. The molecule has 0 fully saturated rings. The molecule has 2 aromatic rings. The fraction of sp³-hybridized carbons (Fsp3) is 0.0909. The van der Waals surface area contributed by atoms with Crippen molar-refractivity contribution < 1.29 is 0 Å². The molecule has 0 aromatic heterocycles. The van der Waals surface area contributed by atoms with Gasteiger partial charge in [0.1, 0.15) is 0 Å². The van der Waals surface area contributed by atoms with Crippen LogP contribution in [0.4, 0.5) is 0 Å². The predicted octanol–water partition coefficient (Wildman–Crippen LogP) is 5.53. The maximum atomic E-state index is 2.33. The van der Waals surface area contributed by atoms with Crippen molar-refractivity contribution in [3.05, 3.63) is 108 Å². The maximum absolute atomic E-state index is 2.33. The van der Waals surface area contributed by atoms with Crippen molar-refractivity contribution in [1.29, 1.82) is 0 Å². The predicted molar refractivity (Wildman–Crippen MR) is 94.1 cm³/mol. The molecule has 0 N–H and O–H groups in total. The van der Waals surface area contributed by atoms with Gasteiger partial charge in [0.2, 0.25) is 0 Å². The van der Waals surface area contributed by atoms with Crippen molar-refractivity contribution in [3.63, 3.8) is 0 Å². The summed E-state index contributed by atoms with van der Waals surface area (Å²) in [7, 11) is 0. The minimum Gasteiger partial charge on any atom is -0.0763 e. The molecule has 2 aliphatic carbocycles. The first-order chi connectivity index (χ1) is 10.9. The fourth-order valence-corrected chi connectivity index (χ4v) is 3.41. The highest BCUT2D eigenvalue weighted by Crippen LogP contribution is 2.43. The van der Waals surface area contributed by atoms with Crippen LogP contribution < -0.4 is 0 Å². The van der Waals surface area contributed by atoms with E-state index >= 15 is 0 Å². The second kappa shape index (κ2) is 5.65. The first-order valence-electron chi connectivity index (χ1n) is 7.82. The van der Waals surface area contributed by atoms with Gasteiger partial charge in [-0.1, -0.05) is 97.1 Å². The molecule has 22 heavy (non-hydrogen) atoms. The molecule has 0 heteroatoms. The third kappa shape index (κ3) is 2.27. The molecule has 2 unspecified atom stereocenters. The second-order valence-corrected chi connectivity index (χ2v) is 5.77. The van der Waals surface area contributed by atoms with Crippen molar-refractivity contribution in [2.45, 2.75) is 0 Å². The summed E-state index contributed by atoms with van der Waals surface area (Å²) < 4.78 is 0. The van der Waals surface area contributed by atoms with Crippen LogP contribution in [0.5, 0.6) is 0 Å². The van der Waals surface area contributed by atoms with E-state index in [9.17, 15) is 0 Å². The Labute approximate surface area is 131 Å². The van der Waals surface area contributed by atoms with Gasteiger partial charge in [0.25, 0.3) is 0 Å². The summed E-state index contributed by atoms with van der Waals surface area (Å²) in [5.41, 5.74) is 5.50. The van der Waals surface area contributed by atoms with Crippen LogP contribution in [-0.4, -0.2) is 0 Å². The molecule has 0 heterocycles. The zero-order valence-electron chi connectivity index (χ0n) is 12.4. The van der Waals surface area contributed by atoms with Crippen molar-refractivity contribution in [1.82, 2.24) is 0 Å². The van der Waals surface area contributed by atoms with E-state index in [-0.39, 0.29) is 0 Å². The summed E-state index contributed by atoms with van der Waals surface area (Å²) >= 11 is 0. The molecule has 2 aromatic carbocycles. The van der Waals surface area contributed by atoms with Crippen LogP contribution in [0.15, 0.2) is 97.1 Å². The van der Waals surface area contributed by atoms with Crippen LogP contribution in [0, 0.1) is 11.8 Å². The molecular weight excluding hydrogens is 264 g/mol. The molecule has 4 rings (SSSR count). The Morgan fingerprint density at radius 3 is 1.27 bits per heavy atom. The van der Waals surface area contributed by atoms with Crippen molar-refractivity contribution >= 4 is 11.1 Å². The third-order valence-corrected chi connectivity index (χ3v) is 4.40. The Hall–Kier alpha value is -2.60. The van der Waals surface area contributed by atoms with Crippen LogP contribution in [0.25, 0.3) is 11.1 Å². The lowest BCUT2D eigenvalue weighted by Crippen LogP contribution is -2.12. The van der Waals surface area contributed by atoms with Gasteiger partial charge in [-0.2, -0.15) is 0 Å². The highest BCUT2D eigenvalue weighted by atomic mass is 14.3. The quantitative estimate of drug-likeness (QED) is 0.636. The molecule has 0 spiro atoms. The van der Waals surface area contributed by atoms with Gasteiger partial charge in [-0.15, -0.1) is 0 Å². The number of allylic oxidation sites excluding steroid dienone is 8. The zero-order valence-corrected chi connectivity index (χ0v) is 12.4. The standard InChI is InChI=1S/C22H18/c1-3-9-17(10-4-1)21-19-13-7-8-14-20(16-15-19)22(21)18-11-5-2-6-12-18/h1-16,19-20H/b13-7-,14-8-. The van der Waals surface area contributed by atoms with Crippen LogP contribution in [0.1, 0.15) is 11.1 Å². The molecule has 2 atom stereocenters. The number of hydrogen-bond acceptors (Lipinski definition) is 0. The SMILES string of the molecule is C1=CC2/C=C\C=C/C1C(c1ccccc1)=C2c1ccccc1. The molecule has 106 valence electrons. The molecule has 0 radical (unpaired) electrons. The van der Waals surface area contributed by atoms with Gasteiger partial charge in [0, 0.05) is 11.8 Å². The molecule has 0 saturated carbocycles. The van der Waals surface area contributed by atoms with E-state index in [0.717, 1.165) is 0 Å². The fourth-order valence-electron chi connectivity index (χ4n) is 3.41. The topological polar surface area (TPSA) is 0 Å². The van der Waals surface area contributed by atoms with E-state index < -0.39 is 0 Å². The largest absolute Gasteiger partial charge is 0.0763 e. The van der Waals surface area contributed by atoms with Crippen molar-refractivity contribution in [3.8, 4) is 0 Å². The average Bonchev–Trinajstić information content (AvgIpc) is 2.56. The highest BCUT2D eigenvalue weighted by molar-refractivity contribution is 5.96. The molecule has 2 aliphatic rings. The number of hydrogen-bond donors (Lipinski definition) is 0. The average molecular weight is 282 g/mol. The lowest BCUT2D eigenvalue weighted by Gasteiger charge is -2.29. The van der Waals surface area contributed by atoms with E-state index in [0.29, 0.717) is 11.8 Å². The molecular formula is C22H18. The van der Waals surface area contributed by atoms with Crippen LogP contribution in [-0.2, 0) is 0 Å². The number of benzene rings is 2. The maximum Gasteiger partial charge on any atom is 0.0211 e. The van der Waals surface area contributed by atoms with E-state index in [1.54, 1.807) is 0 Å². The Morgan fingerprint density at radius 2 is 0.864 bits per heavy atom. The van der Waals surface area contributed by atoms with Crippen LogP contribution >= 0.6 is 0 Å². The normalized spacial score (nSPS) is 25.6. The monoisotopic (exact) mass is 282 g/mol. The zero-order chi connectivity index (χ0) is 14.8. The second-order valence-electron chi connectivity index (χ2n) is 5.77. The first-order valence-corrected chi connectivity index (χ1v) is 7.82. The number of rotatable bonds is 2. The smallest absolute Gasteiger partial charge is 0.0211 e. The van der Waals surface area contributed by atoms with Gasteiger partial charge in [-0.25, -0.2) is 0 Å². The van der Waals surface area contributed by atoms with Gasteiger partial charge in [0.15, 0.2) is 0 Å². The van der Waals surface area contributed by atoms with Gasteiger partial charge in [-0.3, -0.25) is 0 Å². The van der Waals surface area contributed by atoms with Gasteiger partial charge >= 0.3 is 0 Å². The van der Waals surface area contributed by atoms with Crippen LogP contribution in [0.2, 0.25) is 0 Å². The van der Waals surface area contributed by atoms with Gasteiger partial charge in [-0.05, 0) is 22.3 Å². The Morgan fingerprint density at radius 1 is 0.455 bits per heavy atom. The summed E-state index contributed by atoms with van der Waals surface area (Å²) in [6, 6.07) is 21.6. The molecule has 0 aliphatic heterocycles. The van der Waals surface area contributed by atoms with Gasteiger partial charge < -0.3 is 0 Å². The lowest BCUT2D eigenvalue weighted by atomic mass is 9.75. The summed E-state index contributed by atoms with van der Waals surface area (Å²) in [4.78, 5) is 0. The Kier molecular flexibility index (Phi) is 3.36. The summed E-state index contributed by atoms with van der Waals surface area (Å²) in [6.07, 6.45) is 13.6. The Balaban J connectivity index is 1.99. The van der Waals surface area contributed by atoms with E-state index in [1.165, 1.54) is 22.3 Å². The molecule has 2 bridgehead atoms. The Bertz CT molecular complexity index is 706. The van der Waals surface area contributed by atoms with E-state index in [2.05, 4.69) is 97.1 Å². The van der Waals surface area contributed by atoms with Gasteiger partial charge in [0.05, 0.1) is 0 Å². The minimum absolute atomic E-state index is 0.346. The highest BCUT2D eigenvalue weighted by Gasteiger charge is 2.25. The first kappa shape index (κ1) is 13.1. The molecule has 0 nitrogen and oxygen atoms in total. The van der Waals surface area contributed by atoms with E-state index in [4.69, 9.17) is 0 Å². The van der Waals surface area contributed by atoms with Crippen molar-refractivity contribution in [2.75, 3.05) is 0 Å². The third-order valence-electron chi connectivity index (χ3n) is 4.40. The minimum atomic E-state index is 0.346. The lowest BCUT2D eigenvalue weighted by molar-refractivity contribution is 0.966. The molecule has 0 saturated heterocycles.